The van der Waals surface area contributed by atoms with Crippen LogP contribution in [0.15, 0.2) is 48.5 Å². The summed E-state index contributed by atoms with van der Waals surface area (Å²) in [5.74, 6) is 0. The summed E-state index contributed by atoms with van der Waals surface area (Å²) in [6.45, 7) is 2.06. The second kappa shape index (κ2) is 4.52. The Morgan fingerprint density at radius 3 is 2.68 bits per heavy atom. The van der Waals surface area contributed by atoms with E-state index in [1.165, 1.54) is 10.9 Å². The second-order valence-electron chi connectivity index (χ2n) is 4.66. The summed E-state index contributed by atoms with van der Waals surface area (Å²) in [4.78, 5) is 3.79. The number of aryl methyl sites for hydroxylation is 1. The predicted molar refractivity (Wildman–Crippen MR) is 84.4 cm³/mol. The molecule has 1 aromatic heterocycles. The van der Waals surface area contributed by atoms with Crippen molar-refractivity contribution >= 4 is 28.1 Å². The topological polar surface area (TPSA) is 41.8 Å². The minimum absolute atomic E-state index is 0.430. The third-order valence-electron chi connectivity index (χ3n) is 3.26. The third-order valence-corrected chi connectivity index (χ3v) is 3.49. The largest absolute Gasteiger partial charge is 0.389 e. The molecule has 3 rings (SSSR count). The molecule has 0 saturated heterocycles. The van der Waals surface area contributed by atoms with Crippen LogP contribution < -0.4 is 5.73 Å². The lowest BCUT2D eigenvalue weighted by atomic mass is 10.00. The number of fused-ring (bicyclic) bond motifs is 1. The lowest BCUT2D eigenvalue weighted by Crippen LogP contribution is -2.08. The maximum atomic E-state index is 5.70. The Hall–Kier alpha value is -2.13. The van der Waals surface area contributed by atoms with Gasteiger partial charge in [0.25, 0.3) is 0 Å². The molecule has 3 heteroatoms. The zero-order valence-electron chi connectivity index (χ0n) is 10.6. The van der Waals surface area contributed by atoms with Crippen LogP contribution in [-0.2, 0) is 0 Å². The molecule has 0 radical (unpaired) electrons. The highest BCUT2D eigenvalue weighted by molar-refractivity contribution is 7.80. The van der Waals surface area contributed by atoms with Gasteiger partial charge in [0, 0.05) is 22.2 Å². The maximum absolute atomic E-state index is 5.70. The van der Waals surface area contributed by atoms with Crippen LogP contribution in [0.25, 0.3) is 22.0 Å². The van der Waals surface area contributed by atoms with Gasteiger partial charge in [0.2, 0.25) is 0 Å². The lowest BCUT2D eigenvalue weighted by Gasteiger charge is -2.06. The van der Waals surface area contributed by atoms with Crippen molar-refractivity contribution in [3.05, 3.63) is 59.8 Å². The molecule has 1 heterocycles. The molecule has 19 heavy (non-hydrogen) atoms. The average Bonchev–Trinajstić information content (AvgIpc) is 2.78. The molecular formula is C16H14N2S. The number of aromatic amines is 1. The normalized spacial score (nSPS) is 10.8. The number of nitrogens with one attached hydrogen (secondary N) is 1. The van der Waals surface area contributed by atoms with Crippen molar-refractivity contribution in [2.24, 2.45) is 5.73 Å². The molecule has 0 spiro atoms. The molecule has 2 aromatic carbocycles. The van der Waals surface area contributed by atoms with Crippen LogP contribution in [0.2, 0.25) is 0 Å². The average molecular weight is 266 g/mol. The van der Waals surface area contributed by atoms with Gasteiger partial charge in [-0.15, -0.1) is 0 Å². The van der Waals surface area contributed by atoms with Crippen LogP contribution in [0.1, 0.15) is 11.3 Å². The number of thiocarbonyl (C=S) groups is 1. The highest BCUT2D eigenvalue weighted by Gasteiger charge is 2.07. The summed E-state index contributed by atoms with van der Waals surface area (Å²) in [5, 5.41) is 1.22. The van der Waals surface area contributed by atoms with Crippen LogP contribution in [0.3, 0.4) is 0 Å². The smallest absolute Gasteiger partial charge is 0.104 e. The van der Waals surface area contributed by atoms with E-state index < -0.39 is 0 Å². The zero-order valence-corrected chi connectivity index (χ0v) is 11.4. The summed E-state index contributed by atoms with van der Waals surface area (Å²) in [7, 11) is 0. The standard InChI is InChI=1S/C16H14N2S/c1-10-8-14-13(6-3-7-15(14)18-10)11-4-2-5-12(9-11)16(17)19/h2-9,18H,1H3,(H2,17,19). The molecule has 0 unspecified atom stereocenters. The van der Waals surface area contributed by atoms with E-state index in [0.29, 0.717) is 4.99 Å². The quantitative estimate of drug-likeness (QED) is 0.693. The molecule has 0 aliphatic heterocycles. The number of rotatable bonds is 2. The van der Waals surface area contributed by atoms with Gasteiger partial charge >= 0.3 is 0 Å². The van der Waals surface area contributed by atoms with Gasteiger partial charge in [-0.25, -0.2) is 0 Å². The first-order chi connectivity index (χ1) is 9.15. The number of nitrogens with two attached hydrogens (primary N) is 1. The second-order valence-corrected chi connectivity index (χ2v) is 5.10. The summed E-state index contributed by atoms with van der Waals surface area (Å²) in [5.41, 5.74) is 11.2. The first-order valence-corrected chi connectivity index (χ1v) is 6.54. The van der Waals surface area contributed by atoms with Gasteiger partial charge in [-0.05, 0) is 36.2 Å². The fourth-order valence-corrected chi connectivity index (χ4v) is 2.51. The van der Waals surface area contributed by atoms with E-state index in [-0.39, 0.29) is 0 Å². The van der Waals surface area contributed by atoms with E-state index in [4.69, 9.17) is 18.0 Å². The molecule has 3 N–H and O–H groups in total. The summed E-state index contributed by atoms with van der Waals surface area (Å²) in [6, 6.07) is 16.5. The van der Waals surface area contributed by atoms with Crippen LogP contribution in [0.5, 0.6) is 0 Å². The molecular weight excluding hydrogens is 252 g/mol. The van der Waals surface area contributed by atoms with Gasteiger partial charge < -0.3 is 10.7 Å². The Balaban J connectivity index is 2.24. The number of hydrogen-bond acceptors (Lipinski definition) is 1. The van der Waals surface area contributed by atoms with Crippen LogP contribution in [0, 0.1) is 6.92 Å². The number of H-pyrrole nitrogens is 1. The van der Waals surface area contributed by atoms with Crippen LogP contribution >= 0.6 is 12.2 Å². The third kappa shape index (κ3) is 2.13. The fourth-order valence-electron chi connectivity index (χ4n) is 2.39. The Morgan fingerprint density at radius 2 is 1.89 bits per heavy atom. The molecule has 0 fully saturated rings. The van der Waals surface area contributed by atoms with Crippen LogP contribution in [0.4, 0.5) is 0 Å². The van der Waals surface area contributed by atoms with Crippen molar-refractivity contribution in [2.75, 3.05) is 0 Å². The zero-order chi connectivity index (χ0) is 13.4. The minimum Gasteiger partial charge on any atom is -0.389 e. The highest BCUT2D eigenvalue weighted by Crippen LogP contribution is 2.29. The van der Waals surface area contributed by atoms with Gasteiger partial charge in [0.15, 0.2) is 0 Å². The first-order valence-electron chi connectivity index (χ1n) is 6.14. The number of hydrogen-bond donors (Lipinski definition) is 2. The van der Waals surface area contributed by atoms with E-state index in [0.717, 1.165) is 22.3 Å². The monoisotopic (exact) mass is 266 g/mol. The Kier molecular flexibility index (Phi) is 2.84. The van der Waals surface area contributed by atoms with Crippen LogP contribution in [-0.4, -0.2) is 9.97 Å². The van der Waals surface area contributed by atoms with Gasteiger partial charge in [-0.1, -0.05) is 42.5 Å². The molecule has 94 valence electrons. The van der Waals surface area contributed by atoms with Gasteiger partial charge in [-0.2, -0.15) is 0 Å². The lowest BCUT2D eigenvalue weighted by molar-refractivity contribution is 1.30. The number of benzene rings is 2. The van der Waals surface area contributed by atoms with Gasteiger partial charge in [0.1, 0.15) is 4.99 Å². The van der Waals surface area contributed by atoms with E-state index in [2.05, 4.69) is 42.2 Å². The Morgan fingerprint density at radius 1 is 1.11 bits per heavy atom. The molecule has 0 aliphatic carbocycles. The van der Waals surface area contributed by atoms with Crippen molar-refractivity contribution in [1.82, 2.24) is 4.98 Å². The van der Waals surface area contributed by atoms with E-state index in [1.807, 2.05) is 18.2 Å². The van der Waals surface area contributed by atoms with E-state index in [9.17, 15) is 0 Å². The molecule has 0 bridgehead atoms. The summed E-state index contributed by atoms with van der Waals surface area (Å²) >= 11 is 5.04. The Bertz CT molecular complexity index is 771. The number of aromatic nitrogens is 1. The van der Waals surface area contributed by atoms with E-state index in [1.54, 1.807) is 0 Å². The molecule has 3 aromatic rings. The van der Waals surface area contributed by atoms with Gasteiger partial charge in [0.05, 0.1) is 0 Å². The Labute approximate surface area is 117 Å². The summed E-state index contributed by atoms with van der Waals surface area (Å²) in [6.07, 6.45) is 0. The van der Waals surface area contributed by atoms with Gasteiger partial charge in [-0.3, -0.25) is 0 Å². The molecule has 0 saturated carbocycles. The summed E-state index contributed by atoms with van der Waals surface area (Å²) < 4.78 is 0. The molecule has 0 aliphatic rings. The fraction of sp³-hybridized carbons (Fsp3) is 0.0625. The predicted octanol–water partition coefficient (Wildman–Crippen LogP) is 3.78. The van der Waals surface area contributed by atoms with Crippen molar-refractivity contribution in [3.8, 4) is 11.1 Å². The molecule has 0 amide bonds. The SMILES string of the molecule is Cc1cc2c(-c3cccc(C(N)=S)c3)cccc2[nH]1. The van der Waals surface area contributed by atoms with Crippen molar-refractivity contribution < 1.29 is 0 Å². The van der Waals surface area contributed by atoms with Crippen molar-refractivity contribution in [1.29, 1.82) is 0 Å². The van der Waals surface area contributed by atoms with Crippen molar-refractivity contribution in [3.63, 3.8) is 0 Å². The molecule has 0 atom stereocenters. The van der Waals surface area contributed by atoms with E-state index >= 15 is 0 Å². The first kappa shape index (κ1) is 11.9. The highest BCUT2D eigenvalue weighted by atomic mass is 32.1. The van der Waals surface area contributed by atoms with Crippen molar-refractivity contribution in [2.45, 2.75) is 6.92 Å². The maximum Gasteiger partial charge on any atom is 0.104 e. The minimum atomic E-state index is 0.430. The molecule has 2 nitrogen and oxygen atoms in total.